The van der Waals surface area contributed by atoms with Crippen molar-refractivity contribution in [3.05, 3.63) is 139 Å². The third-order valence-corrected chi connectivity index (χ3v) is 17.9. The van der Waals surface area contributed by atoms with Crippen LogP contribution in [0.25, 0.3) is 21.9 Å². The first-order valence-corrected chi connectivity index (χ1v) is 42.7. The monoisotopic (exact) mass is 1750 g/mol. The normalized spacial score (nSPS) is 11.7. The summed E-state index contributed by atoms with van der Waals surface area (Å²) in [6, 6.07) is 36.9. The summed E-state index contributed by atoms with van der Waals surface area (Å²) in [5.74, 6) is 9.47. The number of ether oxygens (including phenoxy) is 9. The van der Waals surface area contributed by atoms with Crippen LogP contribution in [0.4, 0.5) is 40.7 Å². The van der Waals surface area contributed by atoms with E-state index in [1.807, 2.05) is 84.7 Å². The number of methoxy groups -OCH3 is 7. The number of carbonyl (C=O) groups excluding carboxylic acids is 1. The van der Waals surface area contributed by atoms with Gasteiger partial charge < -0.3 is 84.8 Å². The summed E-state index contributed by atoms with van der Waals surface area (Å²) in [5, 5.41) is 24.4. The minimum atomic E-state index is 0.0182. The lowest BCUT2D eigenvalue weighted by atomic mass is 9.96. The van der Waals surface area contributed by atoms with E-state index in [2.05, 4.69) is 282 Å². The molecule has 0 bridgehead atoms. The first-order chi connectivity index (χ1) is 57.8. The van der Waals surface area contributed by atoms with Gasteiger partial charge in [0.05, 0.1) is 72.0 Å². The van der Waals surface area contributed by atoms with E-state index in [-0.39, 0.29) is 50.5 Å². The van der Waals surface area contributed by atoms with Gasteiger partial charge >= 0.3 is 6.01 Å². The molecule has 30 heteroatoms. The van der Waals surface area contributed by atoms with Crippen LogP contribution in [0.5, 0.6) is 52.8 Å². The van der Waals surface area contributed by atoms with Gasteiger partial charge in [0, 0.05) is 116 Å². The minimum absolute atomic E-state index is 0.0182. The maximum absolute atomic E-state index is 11.7. The van der Waals surface area contributed by atoms with E-state index in [0.29, 0.717) is 80.7 Å². The van der Waals surface area contributed by atoms with E-state index in [1.54, 1.807) is 73.8 Å². The zero-order valence-corrected chi connectivity index (χ0v) is 81.4. The van der Waals surface area contributed by atoms with E-state index in [4.69, 9.17) is 54.2 Å². The first-order valence-electron chi connectivity index (χ1n) is 41.4. The van der Waals surface area contributed by atoms with Crippen LogP contribution < -0.4 is 79.8 Å². The summed E-state index contributed by atoms with van der Waals surface area (Å²) < 4.78 is 45.9. The summed E-state index contributed by atoms with van der Waals surface area (Å²) in [5.41, 5.74) is 7.36. The molecule has 682 valence electrons. The molecule has 0 unspecified atom stereocenters. The number of benzene rings is 3. The van der Waals surface area contributed by atoms with Crippen LogP contribution in [-0.4, -0.2) is 169 Å². The second kappa shape index (κ2) is 49.6. The summed E-state index contributed by atoms with van der Waals surface area (Å²) in [6.45, 7) is 59.8. The number of nitrogens with one attached hydrogen (secondary N) is 8. The Morgan fingerprint density at radius 1 is 0.419 bits per heavy atom. The number of halogens is 1. The minimum Gasteiger partial charge on any atom is -0.481 e. The first kappa shape index (κ1) is 106. The molecular weight excluding hydrogens is 1610 g/mol. The number of nitrogens with zero attached hydrogens (tertiary/aromatic N) is 10. The number of hydrogen-bond donors (Lipinski definition) is 8. The molecular formula is C94H143ClN18O10S. The van der Waals surface area contributed by atoms with Gasteiger partial charge in [-0.05, 0) is 92.7 Å². The second-order valence-electron chi connectivity index (χ2n) is 38.8. The van der Waals surface area contributed by atoms with Crippen molar-refractivity contribution < 1.29 is 47.4 Å². The second-order valence-corrected chi connectivity index (χ2v) is 40.2. The quantitative estimate of drug-likeness (QED) is 0.0158. The van der Waals surface area contributed by atoms with Gasteiger partial charge in [-0.25, -0.2) is 19.9 Å². The van der Waals surface area contributed by atoms with Crippen molar-refractivity contribution in [3.63, 3.8) is 0 Å². The molecule has 8 heterocycles. The van der Waals surface area contributed by atoms with E-state index < -0.39 is 0 Å². The average molecular weight is 1750 g/mol. The van der Waals surface area contributed by atoms with Gasteiger partial charge in [0.1, 0.15) is 28.9 Å². The standard InChI is InChI=1S/C14H19NO3.C14H17NS.C12H17N3.C12H20N2O2.C11H19N3O2.C11H18N2O.C10H16ClN3O.C10H17N3O/c1-9(16)10-5-12-13(18-8-17-12)6-11(10)15-7-14(2,3)4;1-14(2,3)10-16-12-8-4-6-11-7-5-9-15-13(11)12;1-12(2,3)8-13-11-14-9-6-4-5-7-10(9)15-11;1-12(2,3)8-13-9-6-7-10(15-4)14-11(9)16-5;1-11(2,3)7-12-8-6-9(15-4)14-10(13-8)16-5;1-11(2,3)8-12-9-6-5-7-10(13-9)14-4;1-10(2,3)6-12-9-13-7(11)5-8(14-9)15-4;1-10(2,3)6-11-8-5-9(14-4)13-7-12-8/h5-6,15H,7-8H2,1-4H3;4-9H,10H2,1-3H3;4-7H,8H2,1-3H3,(H2,13,14,15);6-7,13H,8H2,1-5H3;6H,7H2,1-5H3,(H,12,13,14);5-7H,8H2,1-4H3,(H,12,13);5H,6H2,1-4H3,(H,12,13,14);5,7H,6H2,1-4H3,(H,11,12,13). The van der Waals surface area contributed by atoms with Gasteiger partial charge in [0.25, 0.3) is 0 Å². The summed E-state index contributed by atoms with van der Waals surface area (Å²) in [6.07, 6.45) is 3.35. The number of hydrogen-bond acceptors (Lipinski definition) is 28. The SMILES string of the molecule is CC(=O)c1cc2c(cc1NCC(C)(C)C)OCO2.CC(C)(C)CNc1nc2ccccc2[nH]1.CC(C)(C)CSc1cccc2cccnc12.COc1cc(Cl)nc(NCC(C)(C)C)n1.COc1cc(NCC(C)(C)C)nc(OC)n1.COc1cc(NCC(C)(C)C)ncn1.COc1ccc(NCC(C)(C)C)c(OC)n1.COc1cccc(NCC(C)(C)C)n1. The number of imidazole rings is 1. The average Bonchev–Trinajstić information content (AvgIpc) is 1.56. The summed E-state index contributed by atoms with van der Waals surface area (Å²) in [4.78, 5) is 57.9. The molecule has 28 nitrogen and oxygen atoms in total. The molecule has 0 aliphatic carbocycles. The van der Waals surface area contributed by atoms with Crippen LogP contribution in [0.2, 0.25) is 5.15 Å². The number of Topliss-reactive ketones (excluding diaryl/α,β-unsaturated/α-hetero) is 1. The van der Waals surface area contributed by atoms with Crippen LogP contribution >= 0.6 is 23.4 Å². The van der Waals surface area contributed by atoms with Gasteiger partial charge in [-0.2, -0.15) is 24.9 Å². The molecule has 0 atom stereocenters. The highest BCUT2D eigenvalue weighted by Crippen LogP contribution is 2.38. The highest BCUT2D eigenvalue weighted by molar-refractivity contribution is 7.99. The number of ketones is 1. The van der Waals surface area contributed by atoms with Crippen LogP contribution in [0, 0.1) is 43.3 Å². The van der Waals surface area contributed by atoms with Crippen molar-refractivity contribution in [2.24, 2.45) is 43.3 Å². The third kappa shape index (κ3) is 44.5. The Kier molecular flexibility index (Phi) is 42.2. The Labute approximate surface area is 747 Å². The number of rotatable bonds is 24. The number of anilines is 7. The zero-order valence-electron chi connectivity index (χ0n) is 79.8. The zero-order chi connectivity index (χ0) is 92.9. The number of H-pyrrole nitrogens is 1. The number of carbonyl (C=O) groups is 1. The summed E-state index contributed by atoms with van der Waals surface area (Å²) >= 11 is 7.70. The number of fused-ring (bicyclic) bond motifs is 3. The smallest absolute Gasteiger partial charge is 0.321 e. The highest BCUT2D eigenvalue weighted by atomic mass is 35.5. The lowest BCUT2D eigenvalue weighted by Gasteiger charge is -2.21. The highest BCUT2D eigenvalue weighted by Gasteiger charge is 2.23. The molecule has 0 saturated heterocycles. The molecule has 7 aromatic heterocycles. The molecule has 11 rings (SSSR count). The molecule has 0 amide bonds. The lowest BCUT2D eigenvalue weighted by Crippen LogP contribution is -2.20. The lowest BCUT2D eigenvalue weighted by molar-refractivity contribution is 0.101. The van der Waals surface area contributed by atoms with E-state index in [0.717, 1.165) is 97.1 Å². The number of aromatic amines is 1. The Morgan fingerprint density at radius 3 is 1.48 bits per heavy atom. The van der Waals surface area contributed by atoms with Gasteiger partial charge in [0.2, 0.25) is 54.0 Å². The van der Waals surface area contributed by atoms with Crippen molar-refractivity contribution in [2.45, 2.75) is 178 Å². The largest absolute Gasteiger partial charge is 0.481 e. The number of aromatic nitrogens is 11. The Hall–Kier alpha value is -10.8. The maximum Gasteiger partial charge on any atom is 0.321 e. The fourth-order valence-electron chi connectivity index (χ4n) is 9.66. The van der Waals surface area contributed by atoms with Crippen molar-refractivity contribution in [1.82, 2.24) is 54.8 Å². The molecule has 8 N–H and O–H groups in total. The van der Waals surface area contributed by atoms with Crippen molar-refractivity contribution >= 4 is 91.8 Å². The molecule has 0 radical (unpaired) electrons. The number of para-hydroxylation sites is 3. The molecule has 1 aliphatic rings. The Morgan fingerprint density at radius 2 is 0.927 bits per heavy atom. The Balaban J connectivity index is 0.000000298. The van der Waals surface area contributed by atoms with Crippen LogP contribution in [0.3, 0.4) is 0 Å². The molecule has 1 aliphatic heterocycles. The van der Waals surface area contributed by atoms with Gasteiger partial charge in [-0.15, -0.1) is 11.8 Å². The van der Waals surface area contributed by atoms with Gasteiger partial charge in [0.15, 0.2) is 17.3 Å². The van der Waals surface area contributed by atoms with Crippen LogP contribution in [0.1, 0.15) is 183 Å². The van der Waals surface area contributed by atoms with Gasteiger partial charge in [-0.1, -0.05) is 214 Å². The molecule has 0 saturated carbocycles. The maximum atomic E-state index is 11.7. The Bertz CT molecular complexity index is 4710. The van der Waals surface area contributed by atoms with Crippen molar-refractivity contribution in [1.29, 1.82) is 0 Å². The van der Waals surface area contributed by atoms with Gasteiger partial charge in [-0.3, -0.25) is 9.78 Å². The van der Waals surface area contributed by atoms with E-state index in [9.17, 15) is 4.79 Å². The topological polar surface area (TPSA) is 329 Å². The molecule has 10 aromatic rings. The predicted octanol–water partition coefficient (Wildman–Crippen LogP) is 22.1. The third-order valence-electron chi connectivity index (χ3n) is 16.1. The van der Waals surface area contributed by atoms with Crippen molar-refractivity contribution in [2.75, 3.05) is 145 Å². The molecule has 0 spiro atoms. The summed E-state index contributed by atoms with van der Waals surface area (Å²) in [7, 11) is 11.0. The fourth-order valence-corrected chi connectivity index (χ4v) is 10.9. The number of pyridine rings is 3. The van der Waals surface area contributed by atoms with Crippen molar-refractivity contribution in [3.8, 4) is 52.8 Å². The predicted molar refractivity (Wildman–Crippen MR) is 512 cm³/mol. The number of thioether (sulfide) groups is 1. The molecule has 3 aromatic carbocycles. The van der Waals surface area contributed by atoms with Crippen LogP contribution in [-0.2, 0) is 0 Å². The van der Waals surface area contributed by atoms with E-state index >= 15 is 0 Å². The fraction of sp³-hybridized carbons (Fsp3) is 0.521. The van der Waals surface area contributed by atoms with Crippen LogP contribution in [0.15, 0.2) is 133 Å². The van der Waals surface area contributed by atoms with E-state index in [1.165, 1.54) is 23.7 Å². The molecule has 124 heavy (non-hydrogen) atoms. The molecule has 0 fully saturated rings.